The minimum atomic E-state index is 0.575. The lowest BCUT2D eigenvalue weighted by Gasteiger charge is -1.87. The molecule has 0 amide bonds. The van der Waals surface area contributed by atoms with E-state index in [9.17, 15) is 4.79 Å². The maximum absolute atomic E-state index is 10.1. The maximum Gasteiger partial charge on any atom is 0.150 e. The molecular formula is C10H11NO. The van der Waals surface area contributed by atoms with Gasteiger partial charge in [0.2, 0.25) is 0 Å². The van der Waals surface area contributed by atoms with Crippen LogP contribution in [-0.4, -0.2) is 6.29 Å². The molecule has 0 heterocycles. The van der Waals surface area contributed by atoms with Crippen LogP contribution in [0.2, 0.25) is 0 Å². The lowest BCUT2D eigenvalue weighted by molar-refractivity contribution is 0.112. The van der Waals surface area contributed by atoms with Crippen LogP contribution < -0.4 is 0 Å². The first kappa shape index (κ1) is 10.4. The zero-order valence-corrected chi connectivity index (χ0v) is 7.24. The maximum atomic E-state index is 10.1. The van der Waals surface area contributed by atoms with E-state index in [0.717, 1.165) is 6.29 Å². The van der Waals surface area contributed by atoms with Crippen molar-refractivity contribution in [3.63, 3.8) is 0 Å². The second-order valence-corrected chi connectivity index (χ2v) is 1.85. The summed E-state index contributed by atoms with van der Waals surface area (Å²) in [6.45, 7) is 4.00. The van der Waals surface area contributed by atoms with Crippen LogP contribution in [0.15, 0.2) is 24.3 Å². The van der Waals surface area contributed by atoms with Crippen molar-refractivity contribution in [3.8, 4) is 6.07 Å². The quantitative estimate of drug-likeness (QED) is 0.593. The summed E-state index contributed by atoms with van der Waals surface area (Å²) in [6.07, 6.45) is 0.751. The first-order valence-corrected chi connectivity index (χ1v) is 3.82. The average molecular weight is 161 g/mol. The van der Waals surface area contributed by atoms with Crippen LogP contribution in [0.1, 0.15) is 29.8 Å². The summed E-state index contributed by atoms with van der Waals surface area (Å²) >= 11 is 0. The van der Waals surface area contributed by atoms with Crippen LogP contribution in [0, 0.1) is 11.3 Å². The molecule has 1 rings (SSSR count). The van der Waals surface area contributed by atoms with Crippen molar-refractivity contribution in [2.24, 2.45) is 0 Å². The van der Waals surface area contributed by atoms with Crippen molar-refractivity contribution in [1.82, 2.24) is 0 Å². The van der Waals surface area contributed by atoms with E-state index in [0.29, 0.717) is 11.1 Å². The Balaban J connectivity index is 0.000000561. The molecule has 1 aromatic carbocycles. The third kappa shape index (κ3) is 2.98. The van der Waals surface area contributed by atoms with E-state index >= 15 is 0 Å². The predicted octanol–water partition coefficient (Wildman–Crippen LogP) is 2.40. The van der Waals surface area contributed by atoms with E-state index in [-0.39, 0.29) is 0 Å². The van der Waals surface area contributed by atoms with Gasteiger partial charge in [-0.15, -0.1) is 0 Å². The number of carbonyl (C=O) groups excluding carboxylic acids is 1. The normalized spacial score (nSPS) is 7.42. The highest BCUT2D eigenvalue weighted by Gasteiger charge is 1.88. The summed E-state index contributed by atoms with van der Waals surface area (Å²) in [5.41, 5.74) is 1.17. The molecule has 0 saturated heterocycles. The van der Waals surface area contributed by atoms with Gasteiger partial charge in [-0.25, -0.2) is 0 Å². The van der Waals surface area contributed by atoms with Gasteiger partial charge in [0.25, 0.3) is 0 Å². The van der Waals surface area contributed by atoms with Gasteiger partial charge in [0.1, 0.15) is 6.29 Å². The molecule has 0 aliphatic heterocycles. The molecule has 0 saturated carbocycles. The number of nitrogens with zero attached hydrogens (tertiary/aromatic N) is 1. The standard InChI is InChI=1S/C8H5NO.C2H6/c9-5-7-1-3-8(6-10)4-2-7;1-2/h1-4,6H;1-2H3. The van der Waals surface area contributed by atoms with Gasteiger partial charge < -0.3 is 0 Å². The molecule has 0 radical (unpaired) electrons. The van der Waals surface area contributed by atoms with Crippen LogP contribution in [0.4, 0.5) is 0 Å². The molecule has 0 aromatic heterocycles. The minimum absolute atomic E-state index is 0.575. The molecule has 0 spiro atoms. The van der Waals surface area contributed by atoms with Crippen LogP contribution in [-0.2, 0) is 0 Å². The second-order valence-electron chi connectivity index (χ2n) is 1.85. The number of aldehydes is 1. The van der Waals surface area contributed by atoms with Gasteiger partial charge >= 0.3 is 0 Å². The van der Waals surface area contributed by atoms with Crippen LogP contribution in [0.5, 0.6) is 0 Å². The molecule has 0 unspecified atom stereocenters. The van der Waals surface area contributed by atoms with Crippen molar-refractivity contribution in [3.05, 3.63) is 35.4 Å². The van der Waals surface area contributed by atoms with E-state index in [1.807, 2.05) is 19.9 Å². The lowest BCUT2D eigenvalue weighted by Crippen LogP contribution is -1.78. The first-order chi connectivity index (χ1) is 5.86. The fourth-order valence-corrected chi connectivity index (χ4v) is 0.636. The highest BCUT2D eigenvalue weighted by atomic mass is 16.1. The number of rotatable bonds is 1. The van der Waals surface area contributed by atoms with Gasteiger partial charge in [-0.3, -0.25) is 4.79 Å². The van der Waals surface area contributed by atoms with E-state index < -0.39 is 0 Å². The summed E-state index contributed by atoms with van der Waals surface area (Å²) in [7, 11) is 0. The summed E-state index contributed by atoms with van der Waals surface area (Å²) < 4.78 is 0. The van der Waals surface area contributed by atoms with Gasteiger partial charge in [-0.2, -0.15) is 5.26 Å². The van der Waals surface area contributed by atoms with Gasteiger partial charge in [-0.1, -0.05) is 26.0 Å². The number of nitriles is 1. The molecule has 2 nitrogen and oxygen atoms in total. The Morgan fingerprint density at radius 3 is 2.08 bits per heavy atom. The van der Waals surface area contributed by atoms with Gasteiger partial charge in [-0.05, 0) is 12.1 Å². The average Bonchev–Trinajstić information content (AvgIpc) is 2.21. The van der Waals surface area contributed by atoms with Gasteiger partial charge in [0.05, 0.1) is 11.6 Å². The number of carbonyl (C=O) groups is 1. The van der Waals surface area contributed by atoms with Crippen molar-refractivity contribution in [1.29, 1.82) is 5.26 Å². The smallest absolute Gasteiger partial charge is 0.150 e. The largest absolute Gasteiger partial charge is 0.298 e. The van der Waals surface area contributed by atoms with Crippen LogP contribution >= 0.6 is 0 Å². The monoisotopic (exact) mass is 161 g/mol. The summed E-state index contributed by atoms with van der Waals surface area (Å²) in [4.78, 5) is 10.1. The zero-order chi connectivity index (χ0) is 9.40. The van der Waals surface area contributed by atoms with E-state index in [1.165, 1.54) is 0 Å². The minimum Gasteiger partial charge on any atom is -0.298 e. The molecule has 0 aliphatic carbocycles. The zero-order valence-electron chi connectivity index (χ0n) is 7.24. The van der Waals surface area contributed by atoms with E-state index in [4.69, 9.17) is 5.26 Å². The molecule has 0 aliphatic rings. The number of hydrogen-bond acceptors (Lipinski definition) is 2. The molecule has 0 atom stereocenters. The SMILES string of the molecule is CC.N#Cc1ccc(C=O)cc1. The highest BCUT2D eigenvalue weighted by molar-refractivity contribution is 5.74. The molecule has 12 heavy (non-hydrogen) atoms. The molecule has 0 bridgehead atoms. The first-order valence-electron chi connectivity index (χ1n) is 3.82. The Labute approximate surface area is 72.5 Å². The topological polar surface area (TPSA) is 40.9 Å². The third-order valence-electron chi connectivity index (χ3n) is 1.18. The highest BCUT2D eigenvalue weighted by Crippen LogP contribution is 1.99. The second kappa shape index (κ2) is 6.11. The third-order valence-corrected chi connectivity index (χ3v) is 1.18. The lowest BCUT2D eigenvalue weighted by atomic mass is 10.2. The summed E-state index contributed by atoms with van der Waals surface area (Å²) in [6, 6.07) is 8.43. The van der Waals surface area contributed by atoms with E-state index in [2.05, 4.69) is 0 Å². The number of hydrogen-bond donors (Lipinski definition) is 0. The van der Waals surface area contributed by atoms with E-state index in [1.54, 1.807) is 24.3 Å². The molecule has 0 N–H and O–H groups in total. The number of benzene rings is 1. The fourth-order valence-electron chi connectivity index (χ4n) is 0.636. The Morgan fingerprint density at radius 2 is 1.75 bits per heavy atom. The molecule has 62 valence electrons. The summed E-state index contributed by atoms with van der Waals surface area (Å²) in [5.74, 6) is 0. The van der Waals surface area contributed by atoms with Crippen molar-refractivity contribution < 1.29 is 4.79 Å². The predicted molar refractivity (Wildman–Crippen MR) is 47.9 cm³/mol. The Hall–Kier alpha value is -1.62. The Kier molecular flexibility index (Phi) is 5.29. The molecular weight excluding hydrogens is 150 g/mol. The summed E-state index contributed by atoms with van der Waals surface area (Å²) in [5, 5.41) is 8.36. The fraction of sp³-hybridized carbons (Fsp3) is 0.200. The van der Waals surface area contributed by atoms with Crippen molar-refractivity contribution >= 4 is 6.29 Å². The van der Waals surface area contributed by atoms with Crippen molar-refractivity contribution in [2.45, 2.75) is 13.8 Å². The Bertz CT molecular complexity index is 269. The van der Waals surface area contributed by atoms with Gasteiger partial charge in [0.15, 0.2) is 0 Å². The van der Waals surface area contributed by atoms with Crippen LogP contribution in [0.25, 0.3) is 0 Å². The molecule has 2 heteroatoms. The van der Waals surface area contributed by atoms with Crippen molar-refractivity contribution in [2.75, 3.05) is 0 Å². The Morgan fingerprint density at radius 1 is 1.25 bits per heavy atom. The van der Waals surface area contributed by atoms with Gasteiger partial charge in [0, 0.05) is 5.56 Å². The van der Waals surface area contributed by atoms with Crippen LogP contribution in [0.3, 0.4) is 0 Å². The molecule has 0 fully saturated rings. The molecule has 1 aromatic rings.